The topological polar surface area (TPSA) is 282 Å². The summed E-state index contributed by atoms with van der Waals surface area (Å²) < 4.78 is 31.5. The highest BCUT2D eigenvalue weighted by molar-refractivity contribution is 5.97. The Morgan fingerprint density at radius 1 is 0.808 bits per heavy atom. The molecule has 5 rings (SSSR count). The maximum atomic E-state index is 14.3. The van der Waals surface area contributed by atoms with Crippen LogP contribution >= 0.6 is 0 Å². The molecule has 0 fully saturated rings. The number of likely N-dealkylation sites (N-methyl/N-ethyl adjacent to an activating group) is 1. The predicted octanol–water partition coefficient (Wildman–Crippen LogP) is 4.48. The molecule has 20 heteroatoms. The molecule has 5 amide bonds. The van der Waals surface area contributed by atoms with E-state index in [9.17, 15) is 57.3 Å². The van der Waals surface area contributed by atoms with Gasteiger partial charge in [0.1, 0.15) is 41.6 Å². The number of aromatic hydroxyl groups is 2. The average molecular weight is 1020 g/mol. The van der Waals surface area contributed by atoms with Crippen molar-refractivity contribution >= 4 is 41.5 Å². The third-order valence-electron chi connectivity index (χ3n) is 12.2. The number of amides is 5. The molecule has 10 N–H and O–H groups in total. The second-order valence-electron chi connectivity index (χ2n) is 17.9. The number of carboxylic acids is 2. The van der Waals surface area contributed by atoms with Crippen molar-refractivity contribution in [3.63, 3.8) is 0 Å². The second-order valence-corrected chi connectivity index (χ2v) is 17.9. The van der Waals surface area contributed by atoms with Crippen LogP contribution in [0, 0.1) is 0 Å². The maximum absolute atomic E-state index is 14.3. The van der Waals surface area contributed by atoms with E-state index in [-0.39, 0.29) is 59.9 Å². The molecule has 0 spiro atoms. The molecule has 1 heterocycles. The number of aliphatic carboxylic acids is 2. The van der Waals surface area contributed by atoms with Gasteiger partial charge in [0.05, 0.1) is 6.54 Å². The molecule has 1 aliphatic heterocycles. The molecule has 0 aromatic heterocycles. The first kappa shape index (κ1) is 58.1. The Hall–Kier alpha value is -7.48. The van der Waals surface area contributed by atoms with Gasteiger partial charge in [0.15, 0.2) is 0 Å². The van der Waals surface area contributed by atoms with Crippen LogP contribution < -0.4 is 32.1 Å². The number of hydrogen-bond donors (Lipinski definition) is 8. The van der Waals surface area contributed by atoms with Gasteiger partial charge in [0, 0.05) is 43.1 Å². The number of nitrogens with one attached hydrogen (secondary N) is 4. The molecule has 17 nitrogen and oxygen atoms in total. The largest absolute Gasteiger partial charge is 0.542 e. The molecule has 0 saturated carbocycles. The van der Waals surface area contributed by atoms with Crippen LogP contribution in [0.2, 0.25) is 0 Å². The molecular formula is C53H65F3N6O11. The van der Waals surface area contributed by atoms with E-state index >= 15 is 0 Å². The first-order valence-corrected chi connectivity index (χ1v) is 24.2. The third-order valence-corrected chi connectivity index (χ3v) is 12.2. The number of carbonyl (C=O) groups excluding carboxylic acids is 6. The standard InChI is InChI=1S/C51H64N6O9.C2HF3O2/c1-4-5-6-7-8-9-10-12-33-14-17-35(18-15-33)36-19-21-37(22-20-36)48(62)53-28-26-45(60)55-41(13-11-27-52)50(64)57(3)46-38-23-25-44(59)40(31-38)39-29-34(16-24-43(39)58)30-42(51(65)66)56-47(61)32(2)54-49(46)63;3-2(4,5)1(6)7/h14-25,29,31-32,41-42,46,58-59H,4-13,26-28,30,52H2,1-3H3,(H,53,62)(H,54,63)(H,55,60)(H,56,61)(H,65,66);(H,6,7)/t32-,41-,42-,46?;/m0./s1. The number of unbranched alkanes of at least 4 members (excludes halogenated alkanes) is 6. The number of phenols is 2. The minimum Gasteiger partial charge on any atom is -0.542 e. The van der Waals surface area contributed by atoms with E-state index in [1.54, 1.807) is 12.1 Å². The van der Waals surface area contributed by atoms with E-state index in [4.69, 9.17) is 9.90 Å². The number of hydrogen-bond acceptors (Lipinski definition) is 10. The fourth-order valence-electron chi connectivity index (χ4n) is 8.11. The molecule has 394 valence electrons. The van der Waals surface area contributed by atoms with Crippen molar-refractivity contribution in [1.29, 1.82) is 0 Å². The van der Waals surface area contributed by atoms with Crippen molar-refractivity contribution in [2.75, 3.05) is 20.1 Å². The van der Waals surface area contributed by atoms with Gasteiger partial charge in [0.2, 0.25) is 23.6 Å². The lowest BCUT2D eigenvalue weighted by molar-refractivity contribution is -0.368. The van der Waals surface area contributed by atoms with Gasteiger partial charge < -0.3 is 57.1 Å². The van der Waals surface area contributed by atoms with Gasteiger partial charge in [-0.15, -0.1) is 0 Å². The first-order chi connectivity index (χ1) is 34.6. The molecule has 0 radical (unpaired) electrons. The van der Waals surface area contributed by atoms with Crippen LogP contribution in [0.25, 0.3) is 22.3 Å². The number of nitrogens with zero attached hydrogens (tertiary/aromatic N) is 1. The smallest absolute Gasteiger partial charge is 0.430 e. The number of benzene rings is 4. The van der Waals surface area contributed by atoms with E-state index in [0.29, 0.717) is 24.1 Å². The highest BCUT2D eigenvalue weighted by Crippen LogP contribution is 2.39. The number of rotatable bonds is 20. The zero-order chi connectivity index (χ0) is 53.8. The summed E-state index contributed by atoms with van der Waals surface area (Å²) in [5, 5.41) is 51.1. The molecule has 4 atom stereocenters. The van der Waals surface area contributed by atoms with E-state index in [2.05, 4.69) is 58.2 Å². The summed E-state index contributed by atoms with van der Waals surface area (Å²) in [5.41, 5.74) is 8.50. The maximum Gasteiger partial charge on any atom is 0.430 e. The highest BCUT2D eigenvalue weighted by atomic mass is 19.4. The van der Waals surface area contributed by atoms with E-state index in [1.807, 2.05) is 12.1 Å². The fourth-order valence-corrected chi connectivity index (χ4v) is 8.11. The monoisotopic (exact) mass is 1020 g/mol. The summed E-state index contributed by atoms with van der Waals surface area (Å²) in [5.74, 6) is -7.97. The molecule has 73 heavy (non-hydrogen) atoms. The summed E-state index contributed by atoms with van der Waals surface area (Å²) in [7, 11) is 1.37. The lowest BCUT2D eigenvalue weighted by atomic mass is 9.93. The summed E-state index contributed by atoms with van der Waals surface area (Å²) in [6, 6.07) is 19.1. The van der Waals surface area contributed by atoms with Gasteiger partial charge in [0.25, 0.3) is 5.91 Å². The minimum absolute atomic E-state index is 0.0171. The van der Waals surface area contributed by atoms with Crippen molar-refractivity contribution in [2.24, 2.45) is 0 Å². The van der Waals surface area contributed by atoms with Gasteiger partial charge in [-0.05, 0) is 96.8 Å². The molecule has 4 bridgehead atoms. The van der Waals surface area contributed by atoms with Crippen LogP contribution in [0.4, 0.5) is 13.2 Å². The number of carboxylic acid groups (broad SMARTS) is 2. The van der Waals surface area contributed by atoms with Crippen molar-refractivity contribution in [2.45, 2.75) is 121 Å². The van der Waals surface area contributed by atoms with Gasteiger partial charge in [-0.2, -0.15) is 13.2 Å². The number of alkyl halides is 3. The minimum atomic E-state index is -5.19. The Balaban J connectivity index is 0.00000153. The van der Waals surface area contributed by atoms with E-state index in [0.717, 1.165) is 22.4 Å². The van der Waals surface area contributed by atoms with E-state index in [1.165, 1.54) is 101 Å². The summed E-state index contributed by atoms with van der Waals surface area (Å²) >= 11 is 0. The SMILES string of the molecule is CCCCCCCCCc1ccc(-c2ccc(C(=O)NCCC(=O)N[C@@H](CCC[NH3+])C(=O)N(C)C3C(=O)N[C@@H](C)C(=O)N[C@H](C(=O)O)Cc4ccc(O)c(c4)-c4cc3ccc4O)cc2)cc1.O=C([O-])C(F)(F)F. The molecule has 4 aromatic carbocycles. The zero-order valence-corrected chi connectivity index (χ0v) is 41.2. The Labute approximate surface area is 421 Å². The number of halogens is 3. The normalized spacial score (nSPS) is 16.0. The van der Waals surface area contributed by atoms with Crippen molar-refractivity contribution in [1.82, 2.24) is 26.2 Å². The fraction of sp³-hybridized carbons (Fsp3) is 0.415. The number of aryl methyl sites for hydroxylation is 1. The van der Waals surface area contributed by atoms with Crippen LogP contribution in [-0.4, -0.2) is 106 Å². The quantitative estimate of drug-likeness (QED) is 0.0572. The molecule has 0 saturated heterocycles. The Morgan fingerprint density at radius 2 is 1.38 bits per heavy atom. The van der Waals surface area contributed by atoms with Crippen LogP contribution in [0.15, 0.2) is 84.9 Å². The number of quaternary nitrogens is 1. The number of phenolic OH excluding ortho intramolecular Hbond substituents is 2. The van der Waals surface area contributed by atoms with Gasteiger partial charge in [-0.3, -0.25) is 24.0 Å². The molecule has 4 aromatic rings. The third kappa shape index (κ3) is 17.7. The lowest BCUT2D eigenvalue weighted by Gasteiger charge is -2.32. The van der Waals surface area contributed by atoms with Crippen molar-refractivity contribution < 1.29 is 72.9 Å². The molecule has 1 aliphatic rings. The van der Waals surface area contributed by atoms with Crippen molar-refractivity contribution in [3.8, 4) is 33.8 Å². The zero-order valence-electron chi connectivity index (χ0n) is 41.2. The van der Waals surface area contributed by atoms with Gasteiger partial charge in [-0.1, -0.05) is 94.0 Å². The average Bonchev–Trinajstić information content (AvgIpc) is 3.35. The van der Waals surface area contributed by atoms with Crippen LogP contribution in [0.3, 0.4) is 0 Å². The molecular weight excluding hydrogens is 954 g/mol. The summed E-state index contributed by atoms with van der Waals surface area (Å²) in [6.07, 6.45) is 5.08. The van der Waals surface area contributed by atoms with Crippen LogP contribution in [0.5, 0.6) is 11.5 Å². The first-order valence-electron chi connectivity index (χ1n) is 24.2. The highest BCUT2D eigenvalue weighted by Gasteiger charge is 2.36. The number of carbonyl (C=O) groups is 7. The molecule has 0 aliphatic carbocycles. The Morgan fingerprint density at radius 3 is 1.97 bits per heavy atom. The Kier molecular flexibility index (Phi) is 22.2. The van der Waals surface area contributed by atoms with Crippen LogP contribution in [0.1, 0.15) is 111 Å². The predicted molar refractivity (Wildman–Crippen MR) is 262 cm³/mol. The van der Waals surface area contributed by atoms with Crippen molar-refractivity contribution in [3.05, 3.63) is 107 Å². The second kappa shape index (κ2) is 27.9. The van der Waals surface area contributed by atoms with Gasteiger partial charge in [-0.25, -0.2) is 4.79 Å². The van der Waals surface area contributed by atoms with Gasteiger partial charge >= 0.3 is 12.1 Å². The summed E-state index contributed by atoms with van der Waals surface area (Å²) in [4.78, 5) is 90.2. The summed E-state index contributed by atoms with van der Waals surface area (Å²) in [6.45, 7) is 4.03. The van der Waals surface area contributed by atoms with Crippen LogP contribution in [-0.2, 0) is 41.6 Å². The van der Waals surface area contributed by atoms with E-state index < -0.39 is 65.9 Å². The Bertz CT molecular complexity index is 2540. The lowest BCUT2D eigenvalue weighted by Crippen LogP contribution is -2.55. The molecule has 1 unspecified atom stereocenters. The number of fused-ring (bicyclic) bond motifs is 5.